The molecule has 0 bridgehead atoms. The van der Waals surface area contributed by atoms with E-state index in [0.717, 1.165) is 89.1 Å². The van der Waals surface area contributed by atoms with Gasteiger partial charge >= 0.3 is 0 Å². The van der Waals surface area contributed by atoms with E-state index < -0.39 is 0 Å². The zero-order valence-electron chi connectivity index (χ0n) is 27.2. The van der Waals surface area contributed by atoms with E-state index in [1.54, 1.807) is 0 Å². The van der Waals surface area contributed by atoms with E-state index in [4.69, 9.17) is 15.0 Å². The number of nitrogens with zero attached hydrogens (tertiary/aromatic N) is 3. The van der Waals surface area contributed by atoms with Crippen LogP contribution in [0.1, 0.15) is 0 Å². The van der Waals surface area contributed by atoms with Gasteiger partial charge in [-0.2, -0.15) is 0 Å². The van der Waals surface area contributed by atoms with E-state index in [9.17, 15) is 0 Å². The van der Waals surface area contributed by atoms with Gasteiger partial charge in [-0.05, 0) is 46.5 Å². The Hall–Kier alpha value is -6.71. The first kappa shape index (κ1) is 29.4. The molecule has 0 saturated carbocycles. The highest BCUT2D eigenvalue weighted by molar-refractivity contribution is 6.10. The van der Waals surface area contributed by atoms with Crippen molar-refractivity contribution in [2.75, 3.05) is 0 Å². The fourth-order valence-electron chi connectivity index (χ4n) is 6.79. The summed E-state index contributed by atoms with van der Waals surface area (Å²) in [6.07, 6.45) is 0. The maximum atomic E-state index is 5.45. The Morgan fingerprint density at radius 2 is 0.740 bits per heavy atom. The van der Waals surface area contributed by atoms with Gasteiger partial charge in [0.25, 0.3) is 0 Å². The van der Waals surface area contributed by atoms with Crippen molar-refractivity contribution >= 4 is 21.8 Å². The molecular weight excluding hydrogens is 607 g/mol. The average molecular weight is 638 g/mol. The lowest BCUT2D eigenvalue weighted by molar-refractivity contribution is 1.31. The summed E-state index contributed by atoms with van der Waals surface area (Å²) in [6.45, 7) is 0. The van der Waals surface area contributed by atoms with Gasteiger partial charge in [-0.3, -0.25) is 0 Å². The van der Waals surface area contributed by atoms with Crippen molar-refractivity contribution in [2.45, 2.75) is 0 Å². The summed E-state index contributed by atoms with van der Waals surface area (Å²) in [6, 6.07) is 65.5. The van der Waals surface area contributed by atoms with Crippen LogP contribution < -0.4 is 0 Å². The van der Waals surface area contributed by atoms with Crippen molar-refractivity contribution in [2.24, 2.45) is 0 Å². The Morgan fingerprint density at radius 3 is 1.38 bits per heavy atom. The molecule has 0 amide bonds. The van der Waals surface area contributed by atoms with Gasteiger partial charge in [0.2, 0.25) is 0 Å². The van der Waals surface area contributed by atoms with Crippen LogP contribution in [-0.2, 0) is 0 Å². The first-order valence-corrected chi connectivity index (χ1v) is 16.9. The van der Waals surface area contributed by atoms with Gasteiger partial charge in [0.1, 0.15) is 0 Å². The lowest BCUT2D eigenvalue weighted by Gasteiger charge is -2.16. The molecule has 9 rings (SSSR count). The highest BCUT2D eigenvalue weighted by Crippen LogP contribution is 2.39. The molecule has 3 nitrogen and oxygen atoms in total. The number of hydrogen-bond acceptors (Lipinski definition) is 3. The minimum Gasteiger partial charge on any atom is -0.248 e. The summed E-state index contributed by atoms with van der Waals surface area (Å²) < 4.78 is 0. The number of hydrogen-bond donors (Lipinski definition) is 0. The Morgan fingerprint density at radius 1 is 0.260 bits per heavy atom. The zero-order valence-corrected chi connectivity index (χ0v) is 27.2. The summed E-state index contributed by atoms with van der Waals surface area (Å²) in [5.74, 6) is 0. The Kier molecular flexibility index (Phi) is 7.49. The van der Waals surface area contributed by atoms with Gasteiger partial charge in [-0.25, -0.2) is 15.0 Å². The topological polar surface area (TPSA) is 38.7 Å². The van der Waals surface area contributed by atoms with Gasteiger partial charge in [-0.1, -0.05) is 164 Å². The van der Waals surface area contributed by atoms with E-state index in [0.29, 0.717) is 0 Å². The minimum absolute atomic E-state index is 0.875. The summed E-state index contributed by atoms with van der Waals surface area (Å²) in [4.78, 5) is 16.0. The molecule has 0 atom stereocenters. The smallest absolute Gasteiger partial charge is 0.0978 e. The molecule has 0 N–H and O–H groups in total. The van der Waals surface area contributed by atoms with Crippen LogP contribution in [0.25, 0.3) is 89.1 Å². The third kappa shape index (κ3) is 5.51. The summed E-state index contributed by atoms with van der Waals surface area (Å²) >= 11 is 0. The Bertz CT molecular complexity index is 2560. The molecule has 0 aliphatic heterocycles. The standard InChI is InChI=1S/C47H31N3/c1-5-15-32(16-6-1)37-29-43(35-21-11-4-12-22-35)48-44(30-37)38-23-13-14-24-39(38)45-31-41(33-17-7-2-8-18-33)40-27-25-36-26-28-42(34-19-9-3-10-20-34)49-46(36)47(40)50-45/h1-31H. The predicted molar refractivity (Wildman–Crippen MR) is 207 cm³/mol. The first-order valence-electron chi connectivity index (χ1n) is 16.9. The maximum absolute atomic E-state index is 5.45. The Labute approximate surface area is 291 Å². The van der Waals surface area contributed by atoms with Crippen LogP contribution in [0.4, 0.5) is 0 Å². The van der Waals surface area contributed by atoms with Crippen molar-refractivity contribution in [3.05, 3.63) is 188 Å². The normalized spacial score (nSPS) is 11.2. The summed E-state index contributed by atoms with van der Waals surface area (Å²) in [5, 5.41) is 2.12. The lowest BCUT2D eigenvalue weighted by Crippen LogP contribution is -1.96. The molecule has 0 saturated heterocycles. The second-order valence-electron chi connectivity index (χ2n) is 12.4. The zero-order chi connectivity index (χ0) is 33.3. The average Bonchev–Trinajstić information content (AvgIpc) is 3.21. The number of aromatic nitrogens is 3. The molecule has 3 heteroatoms. The molecule has 0 fully saturated rings. The van der Waals surface area contributed by atoms with Gasteiger partial charge in [0.15, 0.2) is 0 Å². The monoisotopic (exact) mass is 637 g/mol. The van der Waals surface area contributed by atoms with Crippen LogP contribution in [0.5, 0.6) is 0 Å². The minimum atomic E-state index is 0.875. The van der Waals surface area contributed by atoms with Crippen molar-refractivity contribution in [1.29, 1.82) is 0 Å². The molecule has 0 radical (unpaired) electrons. The van der Waals surface area contributed by atoms with E-state index in [1.165, 1.54) is 0 Å². The Balaban J connectivity index is 1.30. The molecule has 50 heavy (non-hydrogen) atoms. The van der Waals surface area contributed by atoms with Crippen molar-refractivity contribution in [1.82, 2.24) is 15.0 Å². The number of pyridine rings is 3. The molecular formula is C47H31N3. The molecule has 9 aromatic rings. The highest BCUT2D eigenvalue weighted by Gasteiger charge is 2.18. The molecule has 0 spiro atoms. The van der Waals surface area contributed by atoms with Crippen molar-refractivity contribution in [3.8, 4) is 67.3 Å². The number of rotatable bonds is 6. The third-order valence-electron chi connectivity index (χ3n) is 9.27. The molecule has 0 unspecified atom stereocenters. The van der Waals surface area contributed by atoms with Crippen molar-refractivity contribution < 1.29 is 0 Å². The van der Waals surface area contributed by atoms with Crippen LogP contribution in [0.15, 0.2) is 188 Å². The van der Waals surface area contributed by atoms with Crippen molar-refractivity contribution in [3.63, 3.8) is 0 Å². The molecule has 0 aliphatic carbocycles. The van der Waals surface area contributed by atoms with Crippen LogP contribution in [-0.4, -0.2) is 15.0 Å². The lowest BCUT2D eigenvalue weighted by atomic mass is 9.93. The first-order chi connectivity index (χ1) is 24.8. The molecule has 3 aromatic heterocycles. The highest BCUT2D eigenvalue weighted by atomic mass is 14.8. The van der Waals surface area contributed by atoms with E-state index in [2.05, 4.69) is 176 Å². The fourth-order valence-corrected chi connectivity index (χ4v) is 6.79. The molecule has 0 aliphatic rings. The molecule has 234 valence electrons. The van der Waals surface area contributed by atoms with E-state index in [-0.39, 0.29) is 0 Å². The molecule has 3 heterocycles. The SMILES string of the molecule is c1ccc(-c2cc(-c3ccccc3)nc(-c3ccccc3-c3cc(-c4ccccc4)c4ccc5ccc(-c6ccccc6)nc5c4n3)c2)cc1. The second kappa shape index (κ2) is 12.7. The largest absolute Gasteiger partial charge is 0.248 e. The second-order valence-corrected chi connectivity index (χ2v) is 12.4. The van der Waals surface area contributed by atoms with Crippen LogP contribution >= 0.6 is 0 Å². The van der Waals surface area contributed by atoms with Gasteiger partial charge in [0, 0.05) is 33.0 Å². The van der Waals surface area contributed by atoms with Gasteiger partial charge in [0.05, 0.1) is 33.8 Å². The van der Waals surface area contributed by atoms with Crippen LogP contribution in [0.2, 0.25) is 0 Å². The van der Waals surface area contributed by atoms with E-state index in [1.807, 2.05) is 12.1 Å². The molecule has 6 aromatic carbocycles. The summed E-state index contributed by atoms with van der Waals surface area (Å²) in [5.41, 5.74) is 14.1. The third-order valence-corrected chi connectivity index (χ3v) is 9.27. The van der Waals surface area contributed by atoms with Crippen LogP contribution in [0.3, 0.4) is 0 Å². The quantitative estimate of drug-likeness (QED) is 0.170. The predicted octanol–water partition coefficient (Wildman–Crippen LogP) is 12.2. The van der Waals surface area contributed by atoms with E-state index >= 15 is 0 Å². The fraction of sp³-hybridized carbons (Fsp3) is 0. The van der Waals surface area contributed by atoms with Gasteiger partial charge < -0.3 is 0 Å². The number of fused-ring (bicyclic) bond motifs is 3. The maximum Gasteiger partial charge on any atom is 0.0978 e. The summed E-state index contributed by atoms with van der Waals surface area (Å²) in [7, 11) is 0. The van der Waals surface area contributed by atoms with Gasteiger partial charge in [-0.15, -0.1) is 0 Å². The number of benzene rings is 6. The van der Waals surface area contributed by atoms with Crippen LogP contribution in [0, 0.1) is 0 Å².